The van der Waals surface area contributed by atoms with Crippen LogP contribution in [0.25, 0.3) is 0 Å². The molecule has 0 bridgehead atoms. The quantitative estimate of drug-likeness (QED) is 0.502. The van der Waals surface area contributed by atoms with Gasteiger partial charge in [-0.1, -0.05) is 42.5 Å². The van der Waals surface area contributed by atoms with Gasteiger partial charge < -0.3 is 14.7 Å². The summed E-state index contributed by atoms with van der Waals surface area (Å²) in [6.07, 6.45) is 8.20. The van der Waals surface area contributed by atoms with E-state index >= 15 is 0 Å². The number of aromatic nitrogens is 2. The summed E-state index contributed by atoms with van der Waals surface area (Å²) in [5.41, 5.74) is 3.23. The second-order valence-electron chi connectivity index (χ2n) is 8.55. The molecule has 3 aromatic rings. The number of hydrogen-bond donors (Lipinski definition) is 1. The van der Waals surface area contributed by atoms with Crippen LogP contribution in [-0.2, 0) is 19.3 Å². The van der Waals surface area contributed by atoms with Crippen molar-refractivity contribution in [2.24, 2.45) is 0 Å². The predicted molar refractivity (Wildman–Crippen MR) is 129 cm³/mol. The molecule has 2 heterocycles. The molecule has 4 rings (SSSR count). The molecule has 2 aromatic carbocycles. The number of aryl methyl sites for hydroxylation is 3. The third-order valence-electron chi connectivity index (χ3n) is 6.39. The maximum Gasteiger partial charge on any atom is 0.339 e. The van der Waals surface area contributed by atoms with E-state index in [-0.39, 0.29) is 5.56 Å². The minimum atomic E-state index is -0.981. The fraction of sp³-hybridized carbons (Fsp3) is 0.370. The Morgan fingerprint density at radius 2 is 1.79 bits per heavy atom. The lowest BCUT2D eigenvalue weighted by Gasteiger charge is -2.36. The first-order chi connectivity index (χ1) is 16.1. The van der Waals surface area contributed by atoms with Gasteiger partial charge in [0.1, 0.15) is 5.75 Å². The zero-order chi connectivity index (χ0) is 23.0. The lowest BCUT2D eigenvalue weighted by atomic mass is 9.96. The molecule has 172 valence electrons. The fourth-order valence-corrected chi connectivity index (χ4v) is 4.51. The van der Waals surface area contributed by atoms with Crippen molar-refractivity contribution in [3.8, 4) is 5.75 Å². The molecular formula is C27H31N3O3. The average Bonchev–Trinajstić information content (AvgIpc) is 2.87. The normalized spacial score (nSPS) is 15.9. The summed E-state index contributed by atoms with van der Waals surface area (Å²) in [6, 6.07) is 18.8. The first-order valence-electron chi connectivity index (χ1n) is 11.7. The highest BCUT2D eigenvalue weighted by atomic mass is 16.5. The number of hydrogen-bond acceptors (Lipinski definition) is 5. The molecule has 1 fully saturated rings. The van der Waals surface area contributed by atoms with Gasteiger partial charge in [-0.25, -0.2) is 14.8 Å². The number of benzene rings is 2. The highest BCUT2D eigenvalue weighted by molar-refractivity contribution is 5.88. The maximum absolute atomic E-state index is 11.8. The minimum Gasteiger partial charge on any atom is -0.497 e. The molecule has 1 aliphatic rings. The number of aromatic carboxylic acids is 1. The van der Waals surface area contributed by atoms with E-state index in [2.05, 4.69) is 34.1 Å². The highest BCUT2D eigenvalue weighted by Crippen LogP contribution is 2.26. The largest absolute Gasteiger partial charge is 0.497 e. The Hall–Kier alpha value is -3.41. The number of methoxy groups -OCH3 is 1. The summed E-state index contributed by atoms with van der Waals surface area (Å²) in [5.74, 6) is 0.481. The van der Waals surface area contributed by atoms with E-state index in [9.17, 15) is 9.90 Å². The average molecular weight is 446 g/mol. The van der Waals surface area contributed by atoms with Gasteiger partial charge in [0.05, 0.1) is 18.4 Å². The van der Waals surface area contributed by atoms with Gasteiger partial charge in [0, 0.05) is 18.8 Å². The smallest absolute Gasteiger partial charge is 0.339 e. The van der Waals surface area contributed by atoms with Crippen LogP contribution in [0.3, 0.4) is 0 Å². The summed E-state index contributed by atoms with van der Waals surface area (Å²) in [7, 11) is 1.64. The zero-order valence-corrected chi connectivity index (χ0v) is 19.1. The summed E-state index contributed by atoms with van der Waals surface area (Å²) in [4.78, 5) is 23.4. The van der Waals surface area contributed by atoms with Gasteiger partial charge in [-0.2, -0.15) is 0 Å². The topological polar surface area (TPSA) is 75.5 Å². The first kappa shape index (κ1) is 22.8. The van der Waals surface area contributed by atoms with Crippen LogP contribution in [0.4, 0.5) is 5.95 Å². The van der Waals surface area contributed by atoms with Gasteiger partial charge in [-0.3, -0.25) is 0 Å². The number of carboxylic acids is 1. The molecule has 1 saturated heterocycles. The summed E-state index contributed by atoms with van der Waals surface area (Å²) in [5, 5.41) is 9.68. The lowest BCUT2D eigenvalue weighted by molar-refractivity contribution is 0.0694. The monoisotopic (exact) mass is 445 g/mol. The van der Waals surface area contributed by atoms with Crippen molar-refractivity contribution >= 4 is 11.9 Å². The molecule has 0 spiro atoms. The number of rotatable bonds is 9. The lowest BCUT2D eigenvalue weighted by Crippen LogP contribution is -2.41. The number of carbonyl (C=O) groups is 1. The van der Waals surface area contributed by atoms with E-state index in [0.717, 1.165) is 43.5 Å². The summed E-state index contributed by atoms with van der Waals surface area (Å²) >= 11 is 0. The Balaban J connectivity index is 1.51. The molecule has 1 N–H and O–H groups in total. The molecule has 0 unspecified atom stereocenters. The van der Waals surface area contributed by atoms with Gasteiger partial charge in [0.25, 0.3) is 0 Å². The SMILES string of the molecule is COc1ccc(CCc2nc(N3CCCC[C@@H]3CCc3ccccc3)ncc2C(=O)O)cc1. The number of ether oxygens (including phenoxy) is 1. The highest BCUT2D eigenvalue weighted by Gasteiger charge is 2.26. The van der Waals surface area contributed by atoms with Gasteiger partial charge in [-0.15, -0.1) is 0 Å². The van der Waals surface area contributed by atoms with Crippen LogP contribution in [0, 0.1) is 0 Å². The van der Waals surface area contributed by atoms with E-state index in [1.807, 2.05) is 30.3 Å². The van der Waals surface area contributed by atoms with Gasteiger partial charge in [0.15, 0.2) is 0 Å². The molecule has 6 heteroatoms. The van der Waals surface area contributed by atoms with Gasteiger partial charge in [-0.05, 0) is 68.2 Å². The molecule has 33 heavy (non-hydrogen) atoms. The minimum absolute atomic E-state index is 0.185. The van der Waals surface area contributed by atoms with Crippen molar-refractivity contribution in [1.82, 2.24) is 9.97 Å². The van der Waals surface area contributed by atoms with Crippen LogP contribution in [0.15, 0.2) is 60.8 Å². The molecular weight excluding hydrogens is 414 g/mol. The molecule has 0 saturated carbocycles. The summed E-state index contributed by atoms with van der Waals surface area (Å²) in [6.45, 7) is 0.907. The van der Waals surface area contributed by atoms with Gasteiger partial charge >= 0.3 is 5.97 Å². The van der Waals surface area contributed by atoms with E-state index in [0.29, 0.717) is 30.5 Å². The van der Waals surface area contributed by atoms with E-state index in [4.69, 9.17) is 9.72 Å². The van der Waals surface area contributed by atoms with Crippen LogP contribution in [0.2, 0.25) is 0 Å². The first-order valence-corrected chi connectivity index (χ1v) is 11.7. The second kappa shape index (κ2) is 10.9. The third kappa shape index (κ3) is 5.89. The molecule has 0 radical (unpaired) electrons. The van der Waals surface area contributed by atoms with Crippen molar-refractivity contribution in [3.05, 3.63) is 83.2 Å². The fourth-order valence-electron chi connectivity index (χ4n) is 4.51. The van der Waals surface area contributed by atoms with Gasteiger partial charge in [0.2, 0.25) is 5.95 Å². The molecule has 6 nitrogen and oxygen atoms in total. The molecule has 1 atom stereocenters. The van der Waals surface area contributed by atoms with Crippen LogP contribution < -0.4 is 9.64 Å². The van der Waals surface area contributed by atoms with Crippen molar-refractivity contribution in [2.75, 3.05) is 18.6 Å². The number of anilines is 1. The zero-order valence-electron chi connectivity index (χ0n) is 19.1. The van der Waals surface area contributed by atoms with E-state index in [1.54, 1.807) is 7.11 Å². The standard InChI is InChI=1S/C27H31N3O3/c1-33-23-15-11-21(12-16-23)13-17-25-24(26(31)32)19-28-27(29-25)30-18-6-5-9-22(30)14-10-20-7-3-2-4-8-20/h2-4,7-8,11-12,15-16,19,22H,5-6,9-10,13-14,17-18H2,1H3,(H,31,32)/t22-/m1/s1. The van der Waals surface area contributed by atoms with Crippen LogP contribution in [0.1, 0.15) is 52.9 Å². The summed E-state index contributed by atoms with van der Waals surface area (Å²) < 4.78 is 5.22. The number of nitrogens with zero attached hydrogens (tertiary/aromatic N) is 3. The molecule has 0 aliphatic carbocycles. The Morgan fingerprint density at radius 1 is 1.03 bits per heavy atom. The number of carboxylic acid groups (broad SMARTS) is 1. The van der Waals surface area contributed by atoms with Crippen molar-refractivity contribution in [3.63, 3.8) is 0 Å². The van der Waals surface area contributed by atoms with Crippen molar-refractivity contribution in [2.45, 2.75) is 51.0 Å². The van der Waals surface area contributed by atoms with Crippen molar-refractivity contribution in [1.29, 1.82) is 0 Å². The Bertz CT molecular complexity index is 1050. The number of piperidine rings is 1. The van der Waals surface area contributed by atoms with Crippen LogP contribution >= 0.6 is 0 Å². The molecule has 1 aromatic heterocycles. The van der Waals surface area contributed by atoms with Crippen molar-refractivity contribution < 1.29 is 14.6 Å². The van der Waals surface area contributed by atoms with Crippen LogP contribution in [0.5, 0.6) is 5.75 Å². The Labute approximate surface area is 195 Å². The maximum atomic E-state index is 11.8. The second-order valence-corrected chi connectivity index (χ2v) is 8.55. The Kier molecular flexibility index (Phi) is 7.55. The van der Waals surface area contributed by atoms with E-state index in [1.165, 1.54) is 18.2 Å². The Morgan fingerprint density at radius 3 is 2.52 bits per heavy atom. The van der Waals surface area contributed by atoms with E-state index < -0.39 is 5.97 Å². The molecule has 0 amide bonds. The molecule has 1 aliphatic heterocycles. The predicted octanol–water partition coefficient (Wildman–Crippen LogP) is 4.96. The van der Waals surface area contributed by atoms with Crippen LogP contribution in [-0.4, -0.2) is 40.7 Å². The third-order valence-corrected chi connectivity index (χ3v) is 6.39.